The van der Waals surface area contributed by atoms with Crippen molar-refractivity contribution in [3.05, 3.63) is 87.4 Å². The highest BCUT2D eigenvalue weighted by atomic mass is 32.1. The van der Waals surface area contributed by atoms with Crippen LogP contribution in [0.25, 0.3) is 0 Å². The summed E-state index contributed by atoms with van der Waals surface area (Å²) in [6.07, 6.45) is 1.68. The zero-order valence-corrected chi connectivity index (χ0v) is 21.9. The molecule has 0 fully saturated rings. The van der Waals surface area contributed by atoms with Crippen LogP contribution in [0.5, 0.6) is 5.75 Å². The van der Waals surface area contributed by atoms with Crippen LogP contribution in [-0.2, 0) is 11.2 Å². The van der Waals surface area contributed by atoms with Gasteiger partial charge in [0.05, 0.1) is 6.04 Å². The number of nitrogens with zero attached hydrogens (tertiary/aromatic N) is 2. The van der Waals surface area contributed by atoms with Crippen molar-refractivity contribution >= 4 is 23.2 Å². The van der Waals surface area contributed by atoms with Crippen molar-refractivity contribution in [2.24, 2.45) is 5.92 Å². The van der Waals surface area contributed by atoms with Gasteiger partial charge >= 0.3 is 0 Å². The molecule has 0 N–H and O–H groups in total. The van der Waals surface area contributed by atoms with Crippen LogP contribution in [-0.4, -0.2) is 47.9 Å². The highest BCUT2D eigenvalue weighted by molar-refractivity contribution is 7.10. The summed E-state index contributed by atoms with van der Waals surface area (Å²) in [5.74, 6) is 0.0883. The van der Waals surface area contributed by atoms with Crippen LogP contribution < -0.4 is 4.74 Å². The molecule has 0 saturated heterocycles. The van der Waals surface area contributed by atoms with Crippen LogP contribution in [0.1, 0.15) is 52.7 Å². The fraction of sp³-hybridized carbons (Fsp3) is 0.379. The molecule has 2 heterocycles. The number of fused-ring (bicyclic) bond motifs is 1. The number of aryl methyl sites for hydroxylation is 1. The second-order valence-electron chi connectivity index (χ2n) is 9.49. The molecule has 0 bridgehead atoms. The third-order valence-electron chi connectivity index (χ3n) is 6.76. The van der Waals surface area contributed by atoms with Crippen LogP contribution in [0.2, 0.25) is 0 Å². The Bertz CT molecular complexity index is 1190. The Morgan fingerprint density at radius 1 is 1.19 bits per heavy atom. The minimum Gasteiger partial charge on any atom is -0.491 e. The molecule has 2 atom stereocenters. The molecule has 0 unspecified atom stereocenters. The minimum absolute atomic E-state index is 0.00693. The number of amides is 2. The Balaban J connectivity index is 1.54. The van der Waals surface area contributed by atoms with Gasteiger partial charge in [-0.2, -0.15) is 0 Å². The lowest BCUT2D eigenvalue weighted by Crippen LogP contribution is -2.48. The smallest absolute Gasteiger partial charge is 0.254 e. The van der Waals surface area contributed by atoms with Gasteiger partial charge in [0.1, 0.15) is 24.7 Å². The molecule has 1 aromatic heterocycles. The number of carbonyl (C=O) groups is 2. The van der Waals surface area contributed by atoms with E-state index in [0.717, 1.165) is 24.0 Å². The number of halogens is 1. The molecule has 1 aliphatic rings. The Labute approximate surface area is 216 Å². The number of rotatable bonds is 9. The topological polar surface area (TPSA) is 49.9 Å². The molecule has 7 heteroatoms. The Kier molecular flexibility index (Phi) is 8.41. The Hall–Kier alpha value is -3.19. The van der Waals surface area contributed by atoms with Gasteiger partial charge in [-0.15, -0.1) is 11.3 Å². The molecule has 5 nitrogen and oxygen atoms in total. The quantitative estimate of drug-likeness (QED) is 0.362. The van der Waals surface area contributed by atoms with Crippen molar-refractivity contribution in [3.8, 4) is 5.75 Å². The zero-order chi connectivity index (χ0) is 25.7. The van der Waals surface area contributed by atoms with E-state index in [1.165, 1.54) is 17.0 Å². The normalized spacial score (nSPS) is 15.8. The average Bonchev–Trinajstić information content (AvgIpc) is 3.36. The third-order valence-corrected chi connectivity index (χ3v) is 7.76. The monoisotopic (exact) mass is 508 g/mol. The predicted molar refractivity (Wildman–Crippen MR) is 141 cm³/mol. The summed E-state index contributed by atoms with van der Waals surface area (Å²) in [6.45, 7) is 7.45. The third kappa shape index (κ3) is 6.13. The van der Waals surface area contributed by atoms with Crippen molar-refractivity contribution < 1.29 is 18.7 Å². The van der Waals surface area contributed by atoms with Crippen molar-refractivity contribution in [2.75, 3.05) is 26.2 Å². The predicted octanol–water partition coefficient (Wildman–Crippen LogP) is 5.89. The molecule has 36 heavy (non-hydrogen) atoms. The van der Waals surface area contributed by atoms with E-state index in [-0.39, 0.29) is 42.7 Å². The summed E-state index contributed by atoms with van der Waals surface area (Å²) in [7, 11) is 0. The summed E-state index contributed by atoms with van der Waals surface area (Å²) in [5.41, 5.74) is 2.73. The number of carbonyl (C=O) groups excluding carboxylic acids is 2. The van der Waals surface area contributed by atoms with Gasteiger partial charge < -0.3 is 14.5 Å². The minimum atomic E-state index is -0.365. The first-order chi connectivity index (χ1) is 17.4. The molecule has 2 amide bonds. The number of benzene rings is 2. The summed E-state index contributed by atoms with van der Waals surface area (Å²) in [6, 6.07) is 15.2. The van der Waals surface area contributed by atoms with Gasteiger partial charge in [0.15, 0.2) is 0 Å². The maximum absolute atomic E-state index is 13.7. The standard InChI is InChI=1S/C29H33FN2O3S/c1-4-20(2)17-31(29(34)22-10-8-21(3)9-11-22)18-28(33)32-14-12-27-25(13-15-36-27)26(32)19-35-24-7-5-6-23(30)16-24/h5-11,13,15-16,20,26H,4,12,14,17-19H2,1-3H3/t20-,26-/m0/s1. The van der Waals surface area contributed by atoms with Gasteiger partial charge in [-0.25, -0.2) is 4.39 Å². The first-order valence-electron chi connectivity index (χ1n) is 12.5. The molecule has 0 spiro atoms. The molecule has 4 rings (SSSR count). The molecule has 190 valence electrons. The van der Waals surface area contributed by atoms with Crippen LogP contribution >= 0.6 is 11.3 Å². The first kappa shape index (κ1) is 25.9. The van der Waals surface area contributed by atoms with E-state index in [0.29, 0.717) is 24.4 Å². The summed E-state index contributed by atoms with van der Waals surface area (Å²) in [4.78, 5) is 31.8. The lowest BCUT2D eigenvalue weighted by Gasteiger charge is -2.37. The van der Waals surface area contributed by atoms with Crippen molar-refractivity contribution in [1.29, 1.82) is 0 Å². The van der Waals surface area contributed by atoms with Crippen LogP contribution in [0.4, 0.5) is 4.39 Å². The van der Waals surface area contributed by atoms with E-state index in [4.69, 9.17) is 4.74 Å². The number of hydrogen-bond donors (Lipinski definition) is 0. The second kappa shape index (κ2) is 11.7. The van der Waals surface area contributed by atoms with Crippen molar-refractivity contribution in [2.45, 2.75) is 39.7 Å². The molecular weight excluding hydrogens is 475 g/mol. The zero-order valence-electron chi connectivity index (χ0n) is 21.1. The van der Waals surface area contributed by atoms with Gasteiger partial charge in [-0.1, -0.05) is 44.0 Å². The summed E-state index contributed by atoms with van der Waals surface area (Å²) >= 11 is 1.68. The Morgan fingerprint density at radius 3 is 2.69 bits per heavy atom. The molecule has 0 radical (unpaired) electrons. The molecule has 2 aromatic carbocycles. The van der Waals surface area contributed by atoms with Crippen LogP contribution in [0, 0.1) is 18.7 Å². The lowest BCUT2D eigenvalue weighted by molar-refractivity contribution is -0.135. The van der Waals surface area contributed by atoms with E-state index >= 15 is 0 Å². The molecule has 1 aliphatic heterocycles. The molecular formula is C29H33FN2O3S. The van der Waals surface area contributed by atoms with E-state index in [1.807, 2.05) is 47.5 Å². The van der Waals surface area contributed by atoms with Gasteiger partial charge in [-0.3, -0.25) is 9.59 Å². The summed E-state index contributed by atoms with van der Waals surface area (Å²) in [5, 5.41) is 2.03. The number of ether oxygens (including phenoxy) is 1. The van der Waals surface area contributed by atoms with E-state index in [9.17, 15) is 14.0 Å². The highest BCUT2D eigenvalue weighted by Crippen LogP contribution is 2.34. The van der Waals surface area contributed by atoms with Crippen LogP contribution in [0.15, 0.2) is 60.0 Å². The van der Waals surface area contributed by atoms with E-state index < -0.39 is 0 Å². The van der Waals surface area contributed by atoms with Gasteiger partial charge in [0, 0.05) is 29.6 Å². The largest absolute Gasteiger partial charge is 0.491 e. The lowest BCUT2D eigenvalue weighted by atomic mass is 10.00. The average molecular weight is 509 g/mol. The van der Waals surface area contributed by atoms with Crippen molar-refractivity contribution in [3.63, 3.8) is 0 Å². The Morgan fingerprint density at radius 2 is 1.97 bits per heavy atom. The molecule has 3 aromatic rings. The van der Waals surface area contributed by atoms with Gasteiger partial charge in [0.25, 0.3) is 5.91 Å². The maximum Gasteiger partial charge on any atom is 0.254 e. The van der Waals surface area contributed by atoms with Crippen LogP contribution in [0.3, 0.4) is 0 Å². The van der Waals surface area contributed by atoms with Gasteiger partial charge in [-0.05, 0) is 60.5 Å². The number of thiophene rings is 1. The molecule has 0 saturated carbocycles. The van der Waals surface area contributed by atoms with Crippen molar-refractivity contribution in [1.82, 2.24) is 9.80 Å². The highest BCUT2D eigenvalue weighted by Gasteiger charge is 2.34. The van der Waals surface area contributed by atoms with Gasteiger partial charge in [0.2, 0.25) is 5.91 Å². The SMILES string of the molecule is CC[C@H](C)CN(CC(=O)N1CCc2sccc2[C@@H]1COc1cccc(F)c1)C(=O)c1ccc(C)cc1. The molecule has 0 aliphatic carbocycles. The fourth-order valence-electron chi connectivity index (χ4n) is 4.46. The first-order valence-corrected chi connectivity index (χ1v) is 13.3. The van der Waals surface area contributed by atoms with E-state index in [2.05, 4.69) is 13.8 Å². The maximum atomic E-state index is 13.7. The summed E-state index contributed by atoms with van der Waals surface area (Å²) < 4.78 is 19.6. The second-order valence-corrected chi connectivity index (χ2v) is 10.5. The number of hydrogen-bond acceptors (Lipinski definition) is 4. The fourth-order valence-corrected chi connectivity index (χ4v) is 5.39. The van der Waals surface area contributed by atoms with E-state index in [1.54, 1.807) is 28.4 Å².